The van der Waals surface area contributed by atoms with Crippen molar-refractivity contribution in [2.24, 2.45) is 0 Å². The maximum Gasteiger partial charge on any atom is 0.271 e. The maximum atomic E-state index is 13.2. The molecule has 30 heavy (non-hydrogen) atoms. The largest absolute Gasteiger partial charge is 0.486 e. The zero-order valence-electron chi connectivity index (χ0n) is 16.8. The van der Waals surface area contributed by atoms with Crippen molar-refractivity contribution >= 4 is 22.2 Å². The van der Waals surface area contributed by atoms with E-state index in [1.807, 2.05) is 25.1 Å². The summed E-state index contributed by atoms with van der Waals surface area (Å²) in [6.45, 7) is 2.92. The highest BCUT2D eigenvalue weighted by Gasteiger charge is 2.22. The van der Waals surface area contributed by atoms with Gasteiger partial charge in [-0.15, -0.1) is 11.3 Å². The fourth-order valence-corrected chi connectivity index (χ4v) is 5.26. The molecular weight excluding hydrogens is 402 g/mol. The first kappa shape index (κ1) is 19.1. The average molecular weight is 426 g/mol. The molecule has 1 atom stereocenters. The van der Waals surface area contributed by atoms with Crippen molar-refractivity contribution in [3.05, 3.63) is 56.4 Å². The van der Waals surface area contributed by atoms with Crippen LogP contribution in [0.25, 0.3) is 4.96 Å². The molecule has 0 saturated heterocycles. The van der Waals surface area contributed by atoms with Crippen LogP contribution in [0, 0.1) is 0 Å². The van der Waals surface area contributed by atoms with Gasteiger partial charge in [0.1, 0.15) is 18.8 Å². The van der Waals surface area contributed by atoms with Gasteiger partial charge in [0.15, 0.2) is 16.5 Å². The van der Waals surface area contributed by atoms with Crippen LogP contribution in [0.4, 0.5) is 0 Å². The molecule has 0 bridgehead atoms. The Bertz CT molecular complexity index is 1180. The predicted octanol–water partition coefficient (Wildman–Crippen LogP) is 3.29. The highest BCUT2D eigenvalue weighted by atomic mass is 32.1. The summed E-state index contributed by atoms with van der Waals surface area (Å²) in [5.74, 6) is 0.955. The fourth-order valence-electron chi connectivity index (χ4n) is 4.09. The van der Waals surface area contributed by atoms with Gasteiger partial charge in [0.25, 0.3) is 11.5 Å². The summed E-state index contributed by atoms with van der Waals surface area (Å²) >= 11 is 1.57. The Hall–Kier alpha value is -2.87. The lowest BCUT2D eigenvalue weighted by Crippen LogP contribution is -2.33. The summed E-state index contributed by atoms with van der Waals surface area (Å²) < 4.78 is 12.8. The molecule has 156 valence electrons. The minimum absolute atomic E-state index is 0.0711. The minimum Gasteiger partial charge on any atom is -0.486 e. The maximum absolute atomic E-state index is 13.2. The monoisotopic (exact) mass is 425 g/mol. The van der Waals surface area contributed by atoms with Crippen molar-refractivity contribution in [2.45, 2.75) is 45.1 Å². The topological polar surface area (TPSA) is 81.9 Å². The summed E-state index contributed by atoms with van der Waals surface area (Å²) in [5, 5.41) is 2.92. The second kappa shape index (κ2) is 7.75. The van der Waals surface area contributed by atoms with Gasteiger partial charge in [-0.1, -0.05) is 12.5 Å². The fraction of sp³-hybridized carbons (Fsp3) is 0.409. The van der Waals surface area contributed by atoms with E-state index in [4.69, 9.17) is 9.47 Å². The van der Waals surface area contributed by atoms with Gasteiger partial charge in [-0.2, -0.15) is 0 Å². The van der Waals surface area contributed by atoms with Crippen LogP contribution in [0.1, 0.15) is 58.7 Å². The van der Waals surface area contributed by atoms with Crippen molar-refractivity contribution in [1.82, 2.24) is 14.7 Å². The van der Waals surface area contributed by atoms with Crippen LogP contribution in [-0.4, -0.2) is 28.5 Å². The molecule has 2 aromatic heterocycles. The van der Waals surface area contributed by atoms with Crippen molar-refractivity contribution in [3.63, 3.8) is 0 Å². The SMILES string of the molecule is C[C@H](NC(=O)c1cnc2sc3c(n2c1=O)CCCCC3)c1ccc2c(c1)OCCO2. The van der Waals surface area contributed by atoms with Gasteiger partial charge in [0.2, 0.25) is 0 Å². The number of hydrogen-bond donors (Lipinski definition) is 1. The number of carbonyl (C=O) groups excluding carboxylic acids is 1. The number of benzene rings is 1. The number of fused-ring (bicyclic) bond motifs is 4. The summed E-state index contributed by atoms with van der Waals surface area (Å²) in [7, 11) is 0. The predicted molar refractivity (Wildman–Crippen MR) is 114 cm³/mol. The van der Waals surface area contributed by atoms with Crippen LogP contribution < -0.4 is 20.3 Å². The van der Waals surface area contributed by atoms with Gasteiger partial charge in [0, 0.05) is 16.8 Å². The Morgan fingerprint density at radius 3 is 2.83 bits per heavy atom. The van der Waals surface area contributed by atoms with E-state index in [1.165, 1.54) is 11.1 Å². The number of amides is 1. The molecule has 5 rings (SSSR count). The van der Waals surface area contributed by atoms with Crippen LogP contribution in [0.5, 0.6) is 11.5 Å². The van der Waals surface area contributed by atoms with Crippen LogP contribution >= 0.6 is 11.3 Å². The second-order valence-electron chi connectivity index (χ2n) is 7.73. The first-order valence-corrected chi connectivity index (χ1v) is 11.2. The van der Waals surface area contributed by atoms with E-state index in [0.29, 0.717) is 29.7 Å². The number of aromatic nitrogens is 2. The van der Waals surface area contributed by atoms with Crippen molar-refractivity contribution in [2.75, 3.05) is 13.2 Å². The van der Waals surface area contributed by atoms with E-state index in [0.717, 1.165) is 43.4 Å². The third-order valence-corrected chi connectivity index (χ3v) is 6.87. The second-order valence-corrected chi connectivity index (χ2v) is 8.79. The number of carbonyl (C=O) groups is 1. The van der Waals surface area contributed by atoms with Crippen LogP contribution in [-0.2, 0) is 12.8 Å². The Kier molecular flexibility index (Phi) is 4.94. The van der Waals surface area contributed by atoms with Gasteiger partial charge in [0.05, 0.1) is 6.04 Å². The zero-order valence-corrected chi connectivity index (χ0v) is 17.6. The summed E-state index contributed by atoms with van der Waals surface area (Å²) in [4.78, 5) is 32.4. The number of nitrogens with zero attached hydrogens (tertiary/aromatic N) is 2. The summed E-state index contributed by atoms with van der Waals surface area (Å²) in [6, 6.07) is 5.31. The van der Waals surface area contributed by atoms with Gasteiger partial charge >= 0.3 is 0 Å². The third kappa shape index (κ3) is 3.35. The highest BCUT2D eigenvalue weighted by molar-refractivity contribution is 7.17. The quantitative estimate of drug-likeness (QED) is 0.651. The molecule has 3 aromatic rings. The van der Waals surface area contributed by atoms with Gasteiger partial charge in [-0.05, 0) is 50.3 Å². The van der Waals surface area contributed by atoms with Crippen LogP contribution in [0.3, 0.4) is 0 Å². The number of aryl methyl sites for hydroxylation is 2. The molecule has 0 unspecified atom stereocenters. The van der Waals surface area contributed by atoms with Crippen LogP contribution in [0.2, 0.25) is 0 Å². The Labute approximate surface area is 177 Å². The standard InChI is InChI=1S/C22H23N3O4S/c1-13(14-7-8-17-18(11-14)29-10-9-28-17)24-20(26)15-12-23-22-25(21(15)27)16-5-3-2-4-6-19(16)30-22/h7-8,11-13H,2-6,9-10H2,1H3,(H,24,26)/t13-/m0/s1. The molecule has 8 heteroatoms. The molecule has 1 amide bonds. The lowest BCUT2D eigenvalue weighted by molar-refractivity contribution is 0.0937. The lowest BCUT2D eigenvalue weighted by atomic mass is 10.1. The Balaban J connectivity index is 1.43. The smallest absolute Gasteiger partial charge is 0.271 e. The summed E-state index contributed by atoms with van der Waals surface area (Å²) in [5.41, 5.74) is 1.69. The minimum atomic E-state index is -0.419. The Morgan fingerprint density at radius 2 is 1.97 bits per heavy atom. The molecule has 0 fully saturated rings. The molecule has 1 aliphatic carbocycles. The first-order valence-electron chi connectivity index (χ1n) is 10.3. The zero-order chi connectivity index (χ0) is 20.7. The van der Waals surface area contributed by atoms with E-state index >= 15 is 0 Å². The molecule has 3 heterocycles. The van der Waals surface area contributed by atoms with E-state index in [-0.39, 0.29) is 17.2 Å². The lowest BCUT2D eigenvalue weighted by Gasteiger charge is -2.21. The van der Waals surface area contributed by atoms with Gasteiger partial charge in [-0.3, -0.25) is 14.0 Å². The normalized spacial score (nSPS) is 16.6. The molecule has 1 aliphatic heterocycles. The number of ether oxygens (including phenoxy) is 2. The van der Waals surface area contributed by atoms with Crippen molar-refractivity contribution in [1.29, 1.82) is 0 Å². The number of thiazole rings is 1. The van der Waals surface area contributed by atoms with Crippen LogP contribution in [0.15, 0.2) is 29.2 Å². The molecule has 2 aliphatic rings. The van der Waals surface area contributed by atoms with E-state index in [1.54, 1.807) is 15.7 Å². The molecule has 0 spiro atoms. The molecule has 1 aromatic carbocycles. The number of nitrogens with one attached hydrogen (secondary N) is 1. The van der Waals surface area contributed by atoms with E-state index in [9.17, 15) is 9.59 Å². The molecule has 7 nitrogen and oxygen atoms in total. The van der Waals surface area contributed by atoms with Gasteiger partial charge in [-0.25, -0.2) is 4.98 Å². The molecule has 0 saturated carbocycles. The number of hydrogen-bond acceptors (Lipinski definition) is 6. The first-order chi connectivity index (χ1) is 14.6. The molecular formula is C22H23N3O4S. The van der Waals surface area contributed by atoms with Crippen molar-refractivity contribution in [3.8, 4) is 11.5 Å². The molecule has 1 N–H and O–H groups in total. The average Bonchev–Trinajstić information content (AvgIpc) is 2.96. The number of rotatable bonds is 3. The van der Waals surface area contributed by atoms with Crippen molar-refractivity contribution < 1.29 is 14.3 Å². The van der Waals surface area contributed by atoms with E-state index < -0.39 is 5.91 Å². The summed E-state index contributed by atoms with van der Waals surface area (Å²) in [6.07, 6.45) is 6.59. The highest BCUT2D eigenvalue weighted by Crippen LogP contribution is 2.32. The third-order valence-electron chi connectivity index (χ3n) is 5.71. The Morgan fingerprint density at radius 1 is 1.17 bits per heavy atom. The van der Waals surface area contributed by atoms with Gasteiger partial charge < -0.3 is 14.8 Å². The molecule has 0 radical (unpaired) electrons. The van der Waals surface area contributed by atoms with E-state index in [2.05, 4.69) is 10.3 Å².